The zero-order valence-electron chi connectivity index (χ0n) is 11.6. The van der Waals surface area contributed by atoms with E-state index in [0.29, 0.717) is 5.02 Å². The summed E-state index contributed by atoms with van der Waals surface area (Å²) in [5, 5.41) is 3.59. The molecule has 2 aromatic rings. The Morgan fingerprint density at radius 1 is 1.05 bits per heavy atom. The van der Waals surface area contributed by atoms with E-state index in [1.165, 1.54) is 23.6 Å². The molecule has 0 heterocycles. The molecule has 0 aliphatic heterocycles. The molecule has 0 atom stereocenters. The van der Waals surface area contributed by atoms with Crippen LogP contribution in [0.4, 0.5) is 5.69 Å². The first-order chi connectivity index (χ1) is 10.2. The van der Waals surface area contributed by atoms with Gasteiger partial charge in [0, 0.05) is 16.8 Å². The van der Waals surface area contributed by atoms with Crippen LogP contribution in [0.5, 0.6) is 0 Å². The van der Waals surface area contributed by atoms with Crippen molar-refractivity contribution in [1.82, 2.24) is 0 Å². The predicted molar refractivity (Wildman–Crippen MR) is 87.6 cm³/mol. The van der Waals surface area contributed by atoms with E-state index >= 15 is 0 Å². The minimum absolute atomic E-state index is 0.122. The first kappa shape index (κ1) is 13.9. The van der Waals surface area contributed by atoms with Crippen molar-refractivity contribution in [3.63, 3.8) is 0 Å². The second-order valence-electron chi connectivity index (χ2n) is 5.21. The van der Waals surface area contributed by atoms with Gasteiger partial charge in [-0.1, -0.05) is 29.8 Å². The van der Waals surface area contributed by atoms with Gasteiger partial charge in [0.2, 0.25) is 5.91 Å². The number of carbonyl (C=O) groups excluding carboxylic acids is 1. The molecule has 1 amide bonds. The van der Waals surface area contributed by atoms with Crippen molar-refractivity contribution in [2.75, 3.05) is 5.32 Å². The van der Waals surface area contributed by atoms with Crippen LogP contribution in [0.3, 0.4) is 0 Å². The van der Waals surface area contributed by atoms with Gasteiger partial charge in [0.25, 0.3) is 0 Å². The highest BCUT2D eigenvalue weighted by Gasteiger charge is 2.11. The van der Waals surface area contributed by atoms with Crippen LogP contribution < -0.4 is 5.32 Å². The van der Waals surface area contributed by atoms with E-state index < -0.39 is 0 Å². The summed E-state index contributed by atoms with van der Waals surface area (Å²) >= 11 is 5.82. The molecule has 2 aromatic carbocycles. The lowest BCUT2D eigenvalue weighted by molar-refractivity contribution is -0.111. The van der Waals surface area contributed by atoms with Gasteiger partial charge in [-0.15, -0.1) is 0 Å². The van der Waals surface area contributed by atoms with E-state index in [-0.39, 0.29) is 5.91 Å². The van der Waals surface area contributed by atoms with E-state index in [1.54, 1.807) is 18.2 Å². The van der Waals surface area contributed by atoms with Crippen molar-refractivity contribution in [2.24, 2.45) is 0 Å². The fourth-order valence-electron chi connectivity index (χ4n) is 2.58. The zero-order valence-corrected chi connectivity index (χ0v) is 12.4. The Morgan fingerprint density at radius 3 is 2.62 bits per heavy atom. The van der Waals surface area contributed by atoms with Crippen molar-refractivity contribution >= 4 is 29.3 Å². The third-order valence-corrected chi connectivity index (χ3v) is 3.92. The minimum Gasteiger partial charge on any atom is -0.323 e. The molecule has 1 N–H and O–H groups in total. The standard InChI is InChI=1S/C18H16ClNO/c19-16-8-4-13(5-9-16)6-11-18(21)20-17-10-7-14-2-1-3-15(14)12-17/h4-12H,1-3H2,(H,20,21)/b11-6+. The number of hydrogen-bond donors (Lipinski definition) is 1. The number of nitrogens with one attached hydrogen (secondary N) is 1. The number of anilines is 1. The molecule has 0 radical (unpaired) electrons. The van der Waals surface area contributed by atoms with Crippen LogP contribution in [-0.4, -0.2) is 5.91 Å². The summed E-state index contributed by atoms with van der Waals surface area (Å²) in [4.78, 5) is 11.9. The number of amides is 1. The van der Waals surface area contributed by atoms with Crippen LogP contribution in [0.15, 0.2) is 48.5 Å². The molecule has 3 heteroatoms. The van der Waals surface area contributed by atoms with Gasteiger partial charge in [-0.3, -0.25) is 4.79 Å². The summed E-state index contributed by atoms with van der Waals surface area (Å²) < 4.78 is 0. The molecule has 0 aromatic heterocycles. The number of rotatable bonds is 3. The molecule has 106 valence electrons. The van der Waals surface area contributed by atoms with Crippen LogP contribution in [0, 0.1) is 0 Å². The second-order valence-corrected chi connectivity index (χ2v) is 5.65. The Hall–Kier alpha value is -2.06. The Bertz CT molecular complexity index is 689. The van der Waals surface area contributed by atoms with Gasteiger partial charge >= 0.3 is 0 Å². The molecule has 3 rings (SSSR count). The summed E-state index contributed by atoms with van der Waals surface area (Å²) in [5.41, 5.74) is 4.57. The highest BCUT2D eigenvalue weighted by atomic mass is 35.5. The maximum Gasteiger partial charge on any atom is 0.248 e. The maximum atomic E-state index is 11.9. The van der Waals surface area contributed by atoms with Crippen LogP contribution in [-0.2, 0) is 17.6 Å². The van der Waals surface area contributed by atoms with Crippen molar-refractivity contribution < 1.29 is 4.79 Å². The predicted octanol–water partition coefficient (Wildman–Crippen LogP) is 4.48. The van der Waals surface area contributed by atoms with Crippen molar-refractivity contribution in [3.8, 4) is 0 Å². The highest BCUT2D eigenvalue weighted by Crippen LogP contribution is 2.24. The fourth-order valence-corrected chi connectivity index (χ4v) is 2.71. The molecule has 1 aliphatic carbocycles. The number of halogens is 1. The fraction of sp³-hybridized carbons (Fsp3) is 0.167. The Labute approximate surface area is 129 Å². The zero-order chi connectivity index (χ0) is 14.7. The van der Waals surface area contributed by atoms with Gasteiger partial charge in [0.05, 0.1) is 0 Å². The van der Waals surface area contributed by atoms with Gasteiger partial charge in [0.15, 0.2) is 0 Å². The number of fused-ring (bicyclic) bond motifs is 1. The smallest absolute Gasteiger partial charge is 0.248 e. The Kier molecular flexibility index (Phi) is 4.07. The molecule has 0 unspecified atom stereocenters. The SMILES string of the molecule is O=C(/C=C/c1ccc(Cl)cc1)Nc1ccc2c(c1)CCC2. The first-order valence-electron chi connectivity index (χ1n) is 7.07. The number of benzene rings is 2. The normalized spacial score (nSPS) is 13.4. The Balaban J connectivity index is 1.65. The summed E-state index contributed by atoms with van der Waals surface area (Å²) in [6, 6.07) is 13.5. The number of carbonyl (C=O) groups is 1. The van der Waals surface area contributed by atoms with Crippen LogP contribution in [0.1, 0.15) is 23.1 Å². The van der Waals surface area contributed by atoms with E-state index in [9.17, 15) is 4.79 Å². The molecule has 0 spiro atoms. The highest BCUT2D eigenvalue weighted by molar-refractivity contribution is 6.30. The van der Waals surface area contributed by atoms with Crippen molar-refractivity contribution in [2.45, 2.75) is 19.3 Å². The third-order valence-electron chi connectivity index (χ3n) is 3.66. The average molecular weight is 298 g/mol. The van der Waals surface area contributed by atoms with E-state index in [4.69, 9.17) is 11.6 Å². The monoisotopic (exact) mass is 297 g/mol. The molecule has 2 nitrogen and oxygen atoms in total. The number of hydrogen-bond acceptors (Lipinski definition) is 1. The topological polar surface area (TPSA) is 29.1 Å². The lowest BCUT2D eigenvalue weighted by Crippen LogP contribution is -2.08. The first-order valence-corrected chi connectivity index (χ1v) is 7.45. The van der Waals surface area contributed by atoms with Gasteiger partial charge in [-0.2, -0.15) is 0 Å². The molecule has 1 aliphatic rings. The van der Waals surface area contributed by atoms with Crippen LogP contribution >= 0.6 is 11.6 Å². The third kappa shape index (κ3) is 3.53. The van der Waals surface area contributed by atoms with Gasteiger partial charge in [-0.25, -0.2) is 0 Å². The number of aryl methyl sites for hydroxylation is 2. The second kappa shape index (κ2) is 6.15. The Morgan fingerprint density at radius 2 is 1.81 bits per heavy atom. The summed E-state index contributed by atoms with van der Waals surface area (Å²) in [5.74, 6) is -0.122. The molecular weight excluding hydrogens is 282 g/mol. The summed E-state index contributed by atoms with van der Waals surface area (Å²) in [6.45, 7) is 0. The molecular formula is C18H16ClNO. The molecule has 0 saturated carbocycles. The maximum absolute atomic E-state index is 11.9. The van der Waals surface area contributed by atoms with Crippen LogP contribution in [0.2, 0.25) is 5.02 Å². The van der Waals surface area contributed by atoms with Gasteiger partial charge in [-0.05, 0) is 66.3 Å². The lowest BCUT2D eigenvalue weighted by Gasteiger charge is -2.05. The molecule has 0 bridgehead atoms. The lowest BCUT2D eigenvalue weighted by atomic mass is 10.1. The largest absolute Gasteiger partial charge is 0.323 e. The van der Waals surface area contributed by atoms with Crippen LogP contribution in [0.25, 0.3) is 6.08 Å². The van der Waals surface area contributed by atoms with E-state index in [0.717, 1.165) is 24.1 Å². The quantitative estimate of drug-likeness (QED) is 0.832. The molecule has 0 saturated heterocycles. The van der Waals surface area contributed by atoms with Gasteiger partial charge in [0.1, 0.15) is 0 Å². The van der Waals surface area contributed by atoms with E-state index in [1.807, 2.05) is 18.2 Å². The minimum atomic E-state index is -0.122. The van der Waals surface area contributed by atoms with Gasteiger partial charge < -0.3 is 5.32 Å². The van der Waals surface area contributed by atoms with Crippen molar-refractivity contribution in [3.05, 3.63) is 70.3 Å². The summed E-state index contributed by atoms with van der Waals surface area (Å²) in [6.07, 6.45) is 6.79. The van der Waals surface area contributed by atoms with E-state index in [2.05, 4.69) is 17.4 Å². The average Bonchev–Trinajstić information content (AvgIpc) is 2.94. The summed E-state index contributed by atoms with van der Waals surface area (Å²) in [7, 11) is 0. The molecule has 0 fully saturated rings. The van der Waals surface area contributed by atoms with Crippen molar-refractivity contribution in [1.29, 1.82) is 0 Å². The molecule has 21 heavy (non-hydrogen) atoms.